The van der Waals surface area contributed by atoms with Crippen LogP contribution in [0.2, 0.25) is 0 Å². The van der Waals surface area contributed by atoms with Crippen LogP contribution in [0.1, 0.15) is 17.4 Å². The highest BCUT2D eigenvalue weighted by Crippen LogP contribution is 2.24. The zero-order chi connectivity index (χ0) is 13.2. The van der Waals surface area contributed by atoms with Gasteiger partial charge in [-0.1, -0.05) is 0 Å². The van der Waals surface area contributed by atoms with Crippen molar-refractivity contribution in [2.75, 3.05) is 19.6 Å². The molecule has 2 aromatic rings. The van der Waals surface area contributed by atoms with E-state index in [1.165, 1.54) is 11.3 Å². The van der Waals surface area contributed by atoms with Gasteiger partial charge in [0.25, 0.3) is 5.91 Å². The molecule has 0 bridgehead atoms. The number of hydrogen-bond donors (Lipinski definition) is 1. The van der Waals surface area contributed by atoms with Crippen LogP contribution in [0.15, 0.2) is 28.4 Å². The number of amides is 1. The molecule has 100 valence electrons. The highest BCUT2D eigenvalue weighted by Gasteiger charge is 2.23. The summed E-state index contributed by atoms with van der Waals surface area (Å²) in [7, 11) is 0. The molecule has 3 heterocycles. The minimum absolute atomic E-state index is 0.0133. The molecule has 6 heteroatoms. The molecule has 1 fully saturated rings. The van der Waals surface area contributed by atoms with Gasteiger partial charge in [0.1, 0.15) is 17.0 Å². The van der Waals surface area contributed by atoms with Crippen LogP contribution in [-0.2, 0) is 0 Å². The summed E-state index contributed by atoms with van der Waals surface area (Å²) in [5, 5.41) is 5.96. The van der Waals surface area contributed by atoms with Gasteiger partial charge >= 0.3 is 0 Å². The zero-order valence-electron chi connectivity index (χ0n) is 10.6. The molecule has 5 nitrogen and oxygen atoms in total. The molecule has 0 aromatic carbocycles. The predicted octanol–water partition coefficient (Wildman–Crippen LogP) is 1.84. The quantitative estimate of drug-likeness (QED) is 0.910. The molecule has 1 amide bonds. The summed E-state index contributed by atoms with van der Waals surface area (Å²) >= 11 is 1.47. The molecule has 3 rings (SSSR count). The summed E-state index contributed by atoms with van der Waals surface area (Å²) in [4.78, 5) is 18.6. The van der Waals surface area contributed by atoms with Crippen LogP contribution in [0, 0.1) is 0 Å². The maximum atomic E-state index is 12.3. The Morgan fingerprint density at radius 1 is 1.63 bits per heavy atom. The number of nitrogens with zero attached hydrogens (tertiary/aromatic N) is 2. The first-order valence-corrected chi connectivity index (χ1v) is 7.13. The average Bonchev–Trinajstić information content (AvgIpc) is 3.08. The standard InChI is InChI=1S/C13H15N3O2S/c1-9-6-16(4-3-14-9)13(17)11-8-19-12(15-11)10-2-5-18-7-10/h2,5,7-9,14H,3-4,6H2,1H3. The molecule has 1 unspecified atom stereocenters. The van der Waals surface area contributed by atoms with Crippen molar-refractivity contribution >= 4 is 17.2 Å². The summed E-state index contributed by atoms with van der Waals surface area (Å²) in [5.74, 6) is 0.0133. The fourth-order valence-corrected chi connectivity index (χ4v) is 2.95. The molecule has 1 atom stereocenters. The third-order valence-corrected chi connectivity index (χ3v) is 4.04. The van der Waals surface area contributed by atoms with E-state index in [0.29, 0.717) is 11.7 Å². The van der Waals surface area contributed by atoms with Gasteiger partial charge in [0, 0.05) is 36.6 Å². The number of hydrogen-bond acceptors (Lipinski definition) is 5. The van der Waals surface area contributed by atoms with Gasteiger partial charge in [0.15, 0.2) is 0 Å². The zero-order valence-corrected chi connectivity index (χ0v) is 11.4. The third kappa shape index (κ3) is 2.54. The highest BCUT2D eigenvalue weighted by molar-refractivity contribution is 7.13. The smallest absolute Gasteiger partial charge is 0.273 e. The van der Waals surface area contributed by atoms with Gasteiger partial charge < -0.3 is 14.6 Å². The minimum Gasteiger partial charge on any atom is -0.472 e. The average molecular weight is 277 g/mol. The van der Waals surface area contributed by atoms with Gasteiger partial charge in [-0.05, 0) is 13.0 Å². The van der Waals surface area contributed by atoms with Gasteiger partial charge in [-0.25, -0.2) is 4.98 Å². The van der Waals surface area contributed by atoms with Crippen molar-refractivity contribution in [3.05, 3.63) is 29.7 Å². The van der Waals surface area contributed by atoms with Crippen LogP contribution in [0.3, 0.4) is 0 Å². The lowest BCUT2D eigenvalue weighted by molar-refractivity contribution is 0.0704. The molecule has 1 N–H and O–H groups in total. The number of furan rings is 1. The number of thiazole rings is 1. The summed E-state index contributed by atoms with van der Waals surface area (Å²) in [5.41, 5.74) is 1.44. The van der Waals surface area contributed by atoms with Crippen molar-refractivity contribution in [3.8, 4) is 10.6 Å². The Morgan fingerprint density at radius 3 is 3.26 bits per heavy atom. The SMILES string of the molecule is CC1CN(C(=O)c2csc(-c3ccoc3)n2)CCN1. The monoisotopic (exact) mass is 277 g/mol. The fourth-order valence-electron chi connectivity index (χ4n) is 2.17. The topological polar surface area (TPSA) is 58.4 Å². The molecule has 0 radical (unpaired) electrons. The Balaban J connectivity index is 1.77. The molecule has 0 aliphatic carbocycles. The van der Waals surface area contributed by atoms with E-state index in [1.807, 2.05) is 16.3 Å². The Kier molecular flexibility index (Phi) is 3.35. The molecule has 2 aromatic heterocycles. The molecule has 1 aliphatic rings. The van der Waals surface area contributed by atoms with Crippen LogP contribution in [0.4, 0.5) is 0 Å². The second-order valence-electron chi connectivity index (χ2n) is 4.66. The van der Waals surface area contributed by atoms with Gasteiger partial charge in [0.2, 0.25) is 0 Å². The number of aromatic nitrogens is 1. The fraction of sp³-hybridized carbons (Fsp3) is 0.385. The van der Waals surface area contributed by atoms with Crippen molar-refractivity contribution in [2.24, 2.45) is 0 Å². The van der Waals surface area contributed by atoms with Crippen molar-refractivity contribution in [1.82, 2.24) is 15.2 Å². The number of carbonyl (C=O) groups excluding carboxylic acids is 1. The lowest BCUT2D eigenvalue weighted by Crippen LogP contribution is -2.51. The van der Waals surface area contributed by atoms with Crippen molar-refractivity contribution in [3.63, 3.8) is 0 Å². The molecular weight excluding hydrogens is 262 g/mol. The van der Waals surface area contributed by atoms with Gasteiger partial charge in [0.05, 0.1) is 6.26 Å². The Bertz CT molecular complexity index is 564. The minimum atomic E-state index is 0.0133. The summed E-state index contributed by atoms with van der Waals surface area (Å²) < 4.78 is 5.03. The van der Waals surface area contributed by atoms with Gasteiger partial charge in [-0.15, -0.1) is 11.3 Å². The van der Waals surface area contributed by atoms with Gasteiger partial charge in [-0.3, -0.25) is 4.79 Å². The first-order chi connectivity index (χ1) is 9.24. The lowest BCUT2D eigenvalue weighted by atomic mass is 10.2. The van der Waals surface area contributed by atoms with E-state index >= 15 is 0 Å². The van der Waals surface area contributed by atoms with Crippen LogP contribution in [-0.4, -0.2) is 41.5 Å². The van der Waals surface area contributed by atoms with Crippen molar-refractivity contribution in [2.45, 2.75) is 13.0 Å². The lowest BCUT2D eigenvalue weighted by Gasteiger charge is -2.31. The second kappa shape index (κ2) is 5.14. The first kappa shape index (κ1) is 12.4. The maximum absolute atomic E-state index is 12.3. The number of piperazine rings is 1. The van der Waals surface area contributed by atoms with E-state index in [-0.39, 0.29) is 5.91 Å². The Morgan fingerprint density at radius 2 is 2.53 bits per heavy atom. The van der Waals surface area contributed by atoms with E-state index in [9.17, 15) is 4.79 Å². The molecule has 1 saturated heterocycles. The first-order valence-electron chi connectivity index (χ1n) is 6.25. The molecule has 0 spiro atoms. The van der Waals surface area contributed by atoms with Crippen molar-refractivity contribution in [1.29, 1.82) is 0 Å². The van der Waals surface area contributed by atoms with E-state index in [4.69, 9.17) is 4.42 Å². The second-order valence-corrected chi connectivity index (χ2v) is 5.51. The highest BCUT2D eigenvalue weighted by atomic mass is 32.1. The summed E-state index contributed by atoms with van der Waals surface area (Å²) in [6, 6.07) is 2.18. The van der Waals surface area contributed by atoms with Crippen LogP contribution >= 0.6 is 11.3 Å². The maximum Gasteiger partial charge on any atom is 0.273 e. The number of rotatable bonds is 2. The normalized spacial score (nSPS) is 19.6. The van der Waals surface area contributed by atoms with E-state index in [1.54, 1.807) is 12.5 Å². The molecule has 1 aliphatic heterocycles. The molecule has 19 heavy (non-hydrogen) atoms. The Labute approximate surface area is 115 Å². The third-order valence-electron chi connectivity index (χ3n) is 3.15. The van der Waals surface area contributed by atoms with Crippen LogP contribution < -0.4 is 5.32 Å². The van der Waals surface area contributed by atoms with Crippen LogP contribution in [0.25, 0.3) is 10.6 Å². The number of nitrogens with one attached hydrogen (secondary N) is 1. The predicted molar refractivity (Wildman–Crippen MR) is 73.2 cm³/mol. The van der Waals surface area contributed by atoms with Gasteiger partial charge in [-0.2, -0.15) is 0 Å². The number of carbonyl (C=O) groups is 1. The molecule has 0 saturated carbocycles. The summed E-state index contributed by atoms with van der Waals surface area (Å²) in [6.45, 7) is 4.39. The largest absolute Gasteiger partial charge is 0.472 e. The van der Waals surface area contributed by atoms with Crippen LogP contribution in [0.5, 0.6) is 0 Å². The van der Waals surface area contributed by atoms with Crippen molar-refractivity contribution < 1.29 is 9.21 Å². The molecular formula is C13H15N3O2S. The summed E-state index contributed by atoms with van der Waals surface area (Å²) in [6.07, 6.45) is 3.25. The Hall–Kier alpha value is -1.66. The van der Waals surface area contributed by atoms with E-state index < -0.39 is 0 Å². The van der Waals surface area contributed by atoms with E-state index in [2.05, 4.69) is 17.2 Å². The van der Waals surface area contributed by atoms with E-state index in [0.717, 1.165) is 30.2 Å².